The first kappa shape index (κ1) is 19.9. The minimum atomic E-state index is 0.193. The molecule has 5 nitrogen and oxygen atoms in total. The lowest BCUT2D eigenvalue weighted by Gasteiger charge is -2.14. The van der Waals surface area contributed by atoms with E-state index in [1.165, 1.54) is 0 Å². The van der Waals surface area contributed by atoms with Crippen LogP contribution in [-0.4, -0.2) is 13.9 Å². The predicted octanol–water partition coefficient (Wildman–Crippen LogP) is 5.83. The summed E-state index contributed by atoms with van der Waals surface area (Å²) in [6.45, 7) is 0.616. The zero-order valence-electron chi connectivity index (χ0n) is 16.2. The van der Waals surface area contributed by atoms with E-state index in [-0.39, 0.29) is 6.79 Å². The third-order valence-corrected chi connectivity index (χ3v) is 5.18. The third kappa shape index (κ3) is 4.27. The Morgan fingerprint density at radius 3 is 2.67 bits per heavy atom. The van der Waals surface area contributed by atoms with E-state index in [4.69, 9.17) is 18.9 Å². The number of nitriles is 1. The second kappa shape index (κ2) is 8.93. The summed E-state index contributed by atoms with van der Waals surface area (Å²) in [5.74, 6) is 2.51. The van der Waals surface area contributed by atoms with Gasteiger partial charge in [0.25, 0.3) is 0 Å². The number of halogens is 1. The summed E-state index contributed by atoms with van der Waals surface area (Å²) in [4.78, 5) is 0. The maximum absolute atomic E-state index is 9.69. The molecule has 0 fully saturated rings. The number of ether oxygens (including phenoxy) is 4. The third-order valence-electron chi connectivity index (χ3n) is 4.59. The van der Waals surface area contributed by atoms with E-state index in [0.717, 1.165) is 21.2 Å². The Morgan fingerprint density at radius 2 is 1.90 bits per heavy atom. The van der Waals surface area contributed by atoms with Gasteiger partial charge in [0.15, 0.2) is 23.0 Å². The van der Waals surface area contributed by atoms with Crippen LogP contribution in [0.1, 0.15) is 16.7 Å². The van der Waals surface area contributed by atoms with Crippen LogP contribution in [0.25, 0.3) is 11.6 Å². The fraction of sp³-hybridized carbons (Fsp3) is 0.125. The molecule has 6 heteroatoms. The number of hydrogen-bond acceptors (Lipinski definition) is 5. The summed E-state index contributed by atoms with van der Waals surface area (Å²) in [7, 11) is 1.59. The molecule has 0 atom stereocenters. The van der Waals surface area contributed by atoms with Gasteiger partial charge in [-0.2, -0.15) is 5.26 Å². The molecular weight excluding hydrogens is 446 g/mol. The second-order valence-corrected chi connectivity index (χ2v) is 7.40. The number of fused-ring (bicyclic) bond motifs is 1. The quantitative estimate of drug-likeness (QED) is 0.339. The molecular formula is C24H18BrNO4. The molecule has 1 aliphatic heterocycles. The van der Waals surface area contributed by atoms with Crippen molar-refractivity contribution in [1.29, 1.82) is 5.26 Å². The predicted molar refractivity (Wildman–Crippen MR) is 118 cm³/mol. The number of rotatable bonds is 6. The van der Waals surface area contributed by atoms with Gasteiger partial charge >= 0.3 is 0 Å². The summed E-state index contributed by atoms with van der Waals surface area (Å²) in [6.07, 6.45) is 1.80. The van der Waals surface area contributed by atoms with Crippen molar-refractivity contribution in [3.8, 4) is 29.1 Å². The smallest absolute Gasteiger partial charge is 0.231 e. The van der Waals surface area contributed by atoms with Crippen LogP contribution < -0.4 is 18.9 Å². The van der Waals surface area contributed by atoms with Gasteiger partial charge in [-0.05, 0) is 69.0 Å². The van der Waals surface area contributed by atoms with Gasteiger partial charge in [0.2, 0.25) is 6.79 Å². The maximum Gasteiger partial charge on any atom is 0.231 e. The molecule has 3 aromatic rings. The number of hydrogen-bond donors (Lipinski definition) is 0. The lowest BCUT2D eigenvalue weighted by atomic mass is 10.0. The molecule has 0 aliphatic carbocycles. The van der Waals surface area contributed by atoms with Crippen molar-refractivity contribution in [1.82, 2.24) is 0 Å². The highest BCUT2D eigenvalue weighted by Gasteiger charge is 2.16. The Kier molecular flexibility index (Phi) is 5.92. The Balaban J connectivity index is 1.62. The van der Waals surface area contributed by atoms with Crippen molar-refractivity contribution in [2.45, 2.75) is 6.61 Å². The first-order chi connectivity index (χ1) is 14.7. The van der Waals surface area contributed by atoms with Crippen LogP contribution in [0.5, 0.6) is 23.0 Å². The molecule has 0 bridgehead atoms. The molecule has 150 valence electrons. The van der Waals surface area contributed by atoms with Gasteiger partial charge < -0.3 is 18.9 Å². The fourth-order valence-corrected chi connectivity index (χ4v) is 3.68. The fourth-order valence-electron chi connectivity index (χ4n) is 3.10. The largest absolute Gasteiger partial charge is 0.493 e. The van der Waals surface area contributed by atoms with Crippen molar-refractivity contribution in [3.63, 3.8) is 0 Å². The van der Waals surface area contributed by atoms with Crippen LogP contribution in [-0.2, 0) is 6.61 Å². The summed E-state index contributed by atoms with van der Waals surface area (Å²) in [6, 6.07) is 21.4. The van der Waals surface area contributed by atoms with E-state index >= 15 is 0 Å². The first-order valence-electron chi connectivity index (χ1n) is 9.24. The van der Waals surface area contributed by atoms with Crippen LogP contribution in [0.15, 0.2) is 65.1 Å². The molecule has 0 aromatic heterocycles. The van der Waals surface area contributed by atoms with Crippen LogP contribution >= 0.6 is 15.9 Å². The van der Waals surface area contributed by atoms with E-state index in [0.29, 0.717) is 35.2 Å². The SMILES string of the molecule is COc1cc(/C=C(/C#N)c2ccc3c(c2)OCO3)cc(Br)c1OCc1ccccc1. The highest BCUT2D eigenvalue weighted by Crippen LogP contribution is 2.39. The van der Waals surface area contributed by atoms with Gasteiger partial charge in [0.05, 0.1) is 23.2 Å². The Labute approximate surface area is 183 Å². The average Bonchev–Trinajstić information content (AvgIpc) is 3.25. The van der Waals surface area contributed by atoms with Crippen molar-refractivity contribution in [2.24, 2.45) is 0 Å². The number of nitrogens with zero attached hydrogens (tertiary/aromatic N) is 1. The molecule has 0 saturated heterocycles. The lowest BCUT2D eigenvalue weighted by Crippen LogP contribution is -1.99. The van der Waals surface area contributed by atoms with Gasteiger partial charge in [-0.15, -0.1) is 0 Å². The molecule has 3 aromatic carbocycles. The van der Waals surface area contributed by atoms with Gasteiger partial charge in [0.1, 0.15) is 6.61 Å². The Hall–Kier alpha value is -3.43. The lowest BCUT2D eigenvalue weighted by molar-refractivity contribution is 0.174. The van der Waals surface area contributed by atoms with E-state index in [1.807, 2.05) is 48.5 Å². The van der Waals surface area contributed by atoms with Crippen LogP contribution in [0.2, 0.25) is 0 Å². The van der Waals surface area contributed by atoms with Crippen LogP contribution in [0.3, 0.4) is 0 Å². The van der Waals surface area contributed by atoms with Crippen molar-refractivity contribution in [2.75, 3.05) is 13.9 Å². The summed E-state index contributed by atoms with van der Waals surface area (Å²) in [5, 5.41) is 9.69. The summed E-state index contributed by atoms with van der Waals surface area (Å²) >= 11 is 3.57. The highest BCUT2D eigenvalue weighted by molar-refractivity contribution is 9.10. The molecule has 0 amide bonds. The molecule has 0 spiro atoms. The minimum Gasteiger partial charge on any atom is -0.493 e. The van der Waals surface area contributed by atoms with Gasteiger partial charge in [-0.3, -0.25) is 0 Å². The number of methoxy groups -OCH3 is 1. The zero-order valence-corrected chi connectivity index (χ0v) is 17.8. The minimum absolute atomic E-state index is 0.193. The Morgan fingerprint density at radius 1 is 1.10 bits per heavy atom. The molecule has 4 rings (SSSR count). The average molecular weight is 464 g/mol. The molecule has 0 unspecified atom stereocenters. The number of allylic oxidation sites excluding steroid dienone is 1. The number of benzene rings is 3. The molecule has 1 heterocycles. The molecule has 0 radical (unpaired) electrons. The molecule has 0 saturated carbocycles. The van der Waals surface area contributed by atoms with Gasteiger partial charge in [-0.1, -0.05) is 30.3 Å². The topological polar surface area (TPSA) is 60.7 Å². The molecule has 0 N–H and O–H groups in total. The van der Waals surface area contributed by atoms with Gasteiger partial charge in [0, 0.05) is 0 Å². The Bertz CT molecular complexity index is 1140. The molecule has 30 heavy (non-hydrogen) atoms. The monoisotopic (exact) mass is 463 g/mol. The van der Waals surface area contributed by atoms with E-state index in [9.17, 15) is 5.26 Å². The van der Waals surface area contributed by atoms with E-state index < -0.39 is 0 Å². The van der Waals surface area contributed by atoms with Crippen molar-refractivity contribution < 1.29 is 18.9 Å². The van der Waals surface area contributed by atoms with E-state index in [1.54, 1.807) is 25.3 Å². The first-order valence-corrected chi connectivity index (χ1v) is 10.0. The van der Waals surface area contributed by atoms with Crippen LogP contribution in [0, 0.1) is 11.3 Å². The summed E-state index contributed by atoms with van der Waals surface area (Å²) < 4.78 is 23.0. The van der Waals surface area contributed by atoms with Gasteiger partial charge in [-0.25, -0.2) is 0 Å². The van der Waals surface area contributed by atoms with Crippen LogP contribution in [0.4, 0.5) is 0 Å². The highest BCUT2D eigenvalue weighted by atomic mass is 79.9. The zero-order chi connectivity index (χ0) is 20.9. The van der Waals surface area contributed by atoms with Crippen molar-refractivity contribution in [3.05, 3.63) is 81.8 Å². The standard InChI is InChI=1S/C24H18BrNO4/c1-27-23-11-17(10-20(25)24(23)28-14-16-5-3-2-4-6-16)9-19(13-26)18-7-8-21-22(12-18)30-15-29-21/h2-12H,14-15H2,1H3/b19-9-. The van der Waals surface area contributed by atoms with E-state index in [2.05, 4.69) is 22.0 Å². The van der Waals surface area contributed by atoms with Crippen molar-refractivity contribution >= 4 is 27.6 Å². The maximum atomic E-state index is 9.69. The summed E-state index contributed by atoms with van der Waals surface area (Å²) in [5.41, 5.74) is 3.12. The normalized spacial score (nSPS) is 12.4. The second-order valence-electron chi connectivity index (χ2n) is 6.55. The molecule has 1 aliphatic rings.